The number of aliphatic hydroxyl groups excluding tert-OH is 1. The fourth-order valence-corrected chi connectivity index (χ4v) is 3.87. The lowest BCUT2D eigenvalue weighted by atomic mass is 9.91. The number of nitrogens with zero attached hydrogens (tertiary/aromatic N) is 1. The summed E-state index contributed by atoms with van der Waals surface area (Å²) in [4.78, 5) is 2.03. The third kappa shape index (κ3) is 4.28. The van der Waals surface area contributed by atoms with E-state index in [0.29, 0.717) is 5.76 Å². The van der Waals surface area contributed by atoms with E-state index >= 15 is 0 Å². The van der Waals surface area contributed by atoms with Crippen LogP contribution >= 0.6 is 0 Å². The van der Waals surface area contributed by atoms with E-state index in [1.54, 1.807) is 12.3 Å². The van der Waals surface area contributed by atoms with Gasteiger partial charge in [-0.1, -0.05) is 51.9 Å². The van der Waals surface area contributed by atoms with Crippen molar-refractivity contribution in [3.8, 4) is 0 Å². The standard InChI is InChI=1S/C18H31N3O/c1-14-7-6-9-15(14)8-4-3-5-10-16-17(22)13-20-18(11-12-19)21(16)2/h11-16,19-20,22H,3-10H2,1-2H3/b18-11+,19-12?/t14?,15-,16?/m1/s1. The summed E-state index contributed by atoms with van der Waals surface area (Å²) >= 11 is 0. The maximum atomic E-state index is 10.1. The average molecular weight is 305 g/mol. The van der Waals surface area contributed by atoms with Gasteiger partial charge in [0.05, 0.1) is 6.04 Å². The lowest BCUT2D eigenvalue weighted by Crippen LogP contribution is -2.41. The molecule has 0 amide bonds. The van der Waals surface area contributed by atoms with Crippen molar-refractivity contribution in [1.82, 2.24) is 10.2 Å². The van der Waals surface area contributed by atoms with Gasteiger partial charge < -0.3 is 20.7 Å². The van der Waals surface area contributed by atoms with E-state index in [0.717, 1.165) is 30.5 Å². The lowest BCUT2D eigenvalue weighted by molar-refractivity contribution is 0.209. The number of hydrogen-bond donors (Lipinski definition) is 3. The molecule has 0 aromatic rings. The summed E-state index contributed by atoms with van der Waals surface area (Å²) in [6, 6.07) is 0.0397. The van der Waals surface area contributed by atoms with Crippen molar-refractivity contribution in [2.24, 2.45) is 11.8 Å². The molecule has 0 bridgehead atoms. The molecule has 0 saturated heterocycles. The summed E-state index contributed by atoms with van der Waals surface area (Å²) in [6.07, 6.45) is 15.0. The molecule has 1 fully saturated rings. The monoisotopic (exact) mass is 305 g/mol. The number of likely N-dealkylation sites (N-methyl/N-ethyl adjacent to an activating group) is 1. The Balaban J connectivity index is 1.71. The molecule has 0 radical (unpaired) electrons. The van der Waals surface area contributed by atoms with E-state index in [1.807, 2.05) is 11.9 Å². The molecule has 4 nitrogen and oxygen atoms in total. The highest BCUT2D eigenvalue weighted by atomic mass is 16.3. The third-order valence-corrected chi connectivity index (χ3v) is 5.39. The highest BCUT2D eigenvalue weighted by Crippen LogP contribution is 2.34. The molecule has 3 N–H and O–H groups in total. The Morgan fingerprint density at radius 1 is 1.32 bits per heavy atom. The topological polar surface area (TPSA) is 59.4 Å². The number of hydrogen-bond acceptors (Lipinski definition) is 4. The fourth-order valence-electron chi connectivity index (χ4n) is 3.87. The Kier molecular flexibility index (Phi) is 6.34. The van der Waals surface area contributed by atoms with Gasteiger partial charge in [-0.15, -0.1) is 0 Å². The van der Waals surface area contributed by atoms with Gasteiger partial charge >= 0.3 is 0 Å². The van der Waals surface area contributed by atoms with Crippen molar-refractivity contribution < 1.29 is 5.11 Å². The molecule has 1 aliphatic carbocycles. The van der Waals surface area contributed by atoms with Gasteiger partial charge in [-0.05, 0) is 24.3 Å². The number of unbranched alkanes of at least 4 members (excludes halogenated alkanes) is 2. The van der Waals surface area contributed by atoms with Gasteiger partial charge in [0.25, 0.3) is 0 Å². The van der Waals surface area contributed by atoms with Gasteiger partial charge in [0.1, 0.15) is 11.6 Å². The molecule has 1 heterocycles. The Morgan fingerprint density at radius 3 is 2.77 bits per heavy atom. The first-order valence-electron chi connectivity index (χ1n) is 8.72. The van der Waals surface area contributed by atoms with Crippen molar-refractivity contribution in [1.29, 1.82) is 5.41 Å². The first kappa shape index (κ1) is 16.9. The van der Waals surface area contributed by atoms with Crippen molar-refractivity contribution >= 4 is 6.21 Å². The third-order valence-electron chi connectivity index (χ3n) is 5.39. The predicted molar refractivity (Wildman–Crippen MR) is 91.9 cm³/mol. The Bertz CT molecular complexity index is 430. The molecule has 124 valence electrons. The minimum absolute atomic E-state index is 0.0397. The van der Waals surface area contributed by atoms with E-state index in [-0.39, 0.29) is 6.04 Å². The zero-order valence-corrected chi connectivity index (χ0v) is 14.0. The van der Waals surface area contributed by atoms with Gasteiger partial charge in [0, 0.05) is 19.5 Å². The van der Waals surface area contributed by atoms with Crippen molar-refractivity contribution in [2.45, 2.75) is 64.3 Å². The molecule has 1 saturated carbocycles. The summed E-state index contributed by atoms with van der Waals surface area (Å²) < 4.78 is 0. The van der Waals surface area contributed by atoms with Crippen LogP contribution in [0.4, 0.5) is 0 Å². The highest BCUT2D eigenvalue weighted by Gasteiger charge is 2.25. The van der Waals surface area contributed by atoms with E-state index in [4.69, 9.17) is 5.41 Å². The number of aliphatic hydroxyl groups is 1. The predicted octanol–water partition coefficient (Wildman–Crippen LogP) is 4.17. The Hall–Kier alpha value is -1.45. The first-order valence-corrected chi connectivity index (χ1v) is 8.72. The largest absolute Gasteiger partial charge is 0.509 e. The van der Waals surface area contributed by atoms with Crippen LogP contribution in [-0.2, 0) is 0 Å². The second kappa shape index (κ2) is 8.25. The molecule has 2 aliphatic rings. The maximum absolute atomic E-state index is 10.1. The summed E-state index contributed by atoms with van der Waals surface area (Å²) in [5, 5.41) is 20.3. The smallest absolute Gasteiger partial charge is 0.131 e. The van der Waals surface area contributed by atoms with Crippen molar-refractivity contribution in [3.05, 3.63) is 23.9 Å². The fraction of sp³-hybridized carbons (Fsp3) is 0.722. The Morgan fingerprint density at radius 2 is 2.09 bits per heavy atom. The van der Waals surface area contributed by atoms with Crippen LogP contribution in [0.3, 0.4) is 0 Å². The van der Waals surface area contributed by atoms with Gasteiger partial charge in [0.15, 0.2) is 0 Å². The molecular weight excluding hydrogens is 274 g/mol. The van der Waals surface area contributed by atoms with Crippen LogP contribution < -0.4 is 5.32 Å². The second-order valence-corrected chi connectivity index (χ2v) is 6.87. The maximum Gasteiger partial charge on any atom is 0.131 e. The van der Waals surface area contributed by atoms with Crippen LogP contribution in [0.2, 0.25) is 0 Å². The van der Waals surface area contributed by atoms with Gasteiger partial charge in [-0.3, -0.25) is 0 Å². The van der Waals surface area contributed by atoms with E-state index in [1.165, 1.54) is 44.7 Å². The summed E-state index contributed by atoms with van der Waals surface area (Å²) in [7, 11) is 1.97. The number of rotatable bonds is 7. The molecule has 1 aliphatic heterocycles. The van der Waals surface area contributed by atoms with Crippen LogP contribution in [0.15, 0.2) is 23.9 Å². The van der Waals surface area contributed by atoms with E-state index in [2.05, 4.69) is 12.2 Å². The summed E-state index contributed by atoms with van der Waals surface area (Å²) in [6.45, 7) is 2.40. The molecule has 4 heteroatoms. The summed E-state index contributed by atoms with van der Waals surface area (Å²) in [5.74, 6) is 3.15. The normalized spacial score (nSPS) is 30.3. The van der Waals surface area contributed by atoms with Crippen LogP contribution in [0, 0.1) is 17.2 Å². The molecule has 2 rings (SSSR count). The number of nitrogens with one attached hydrogen (secondary N) is 2. The van der Waals surface area contributed by atoms with Gasteiger partial charge in [-0.25, -0.2) is 0 Å². The first-order chi connectivity index (χ1) is 10.6. The zero-order valence-electron chi connectivity index (χ0n) is 14.0. The highest BCUT2D eigenvalue weighted by molar-refractivity contribution is 5.68. The van der Waals surface area contributed by atoms with Gasteiger partial charge in [-0.2, -0.15) is 0 Å². The molecule has 2 unspecified atom stereocenters. The number of allylic oxidation sites excluding steroid dienone is 1. The molecule has 0 aromatic heterocycles. The van der Waals surface area contributed by atoms with E-state index < -0.39 is 0 Å². The molecular formula is C18H31N3O. The van der Waals surface area contributed by atoms with E-state index in [9.17, 15) is 5.11 Å². The van der Waals surface area contributed by atoms with Crippen molar-refractivity contribution in [2.75, 3.05) is 7.05 Å². The van der Waals surface area contributed by atoms with Crippen LogP contribution in [-0.4, -0.2) is 29.3 Å². The Labute approximate surface area is 134 Å². The minimum Gasteiger partial charge on any atom is -0.509 e. The second-order valence-electron chi connectivity index (χ2n) is 6.87. The average Bonchev–Trinajstić information content (AvgIpc) is 2.90. The molecule has 0 aromatic carbocycles. The van der Waals surface area contributed by atoms with Crippen LogP contribution in [0.5, 0.6) is 0 Å². The lowest BCUT2D eigenvalue weighted by Gasteiger charge is -2.35. The zero-order chi connectivity index (χ0) is 15.9. The molecule has 3 atom stereocenters. The minimum atomic E-state index is 0.0397. The van der Waals surface area contributed by atoms with Crippen LogP contribution in [0.25, 0.3) is 0 Å². The molecule has 22 heavy (non-hydrogen) atoms. The summed E-state index contributed by atoms with van der Waals surface area (Å²) in [5.41, 5.74) is 0. The SMILES string of the molecule is CC1CCC[C@H]1CCCCCC1C(O)=CN/C(=C\C=N)N1C. The quantitative estimate of drug-likeness (QED) is 0.489. The van der Waals surface area contributed by atoms with Crippen LogP contribution in [0.1, 0.15) is 58.3 Å². The molecule has 0 spiro atoms. The van der Waals surface area contributed by atoms with Crippen molar-refractivity contribution in [3.63, 3.8) is 0 Å². The van der Waals surface area contributed by atoms with Gasteiger partial charge in [0.2, 0.25) is 0 Å².